The Balaban J connectivity index is 1.67. The van der Waals surface area contributed by atoms with Gasteiger partial charge in [-0.05, 0) is 5.56 Å². The van der Waals surface area contributed by atoms with Crippen LogP contribution in [-0.4, -0.2) is 41.0 Å². The Hall–Kier alpha value is -2.25. The molecule has 7 heteroatoms. The van der Waals surface area contributed by atoms with E-state index in [2.05, 4.69) is 10.3 Å². The average molecular weight is 331 g/mol. The first kappa shape index (κ1) is 15.6. The van der Waals surface area contributed by atoms with E-state index < -0.39 is 6.04 Å². The fraction of sp³-hybridized carbons (Fsp3) is 0.312. The molecule has 0 spiro atoms. The third-order valence-electron chi connectivity index (χ3n) is 3.62. The Morgan fingerprint density at radius 3 is 2.96 bits per heavy atom. The van der Waals surface area contributed by atoms with Crippen molar-refractivity contribution >= 4 is 23.2 Å². The lowest BCUT2D eigenvalue weighted by Gasteiger charge is -2.34. The molecule has 1 aromatic carbocycles. The summed E-state index contributed by atoms with van der Waals surface area (Å²) in [6.07, 6.45) is 0. The van der Waals surface area contributed by atoms with Crippen LogP contribution >= 0.6 is 11.3 Å². The molecule has 1 aliphatic rings. The van der Waals surface area contributed by atoms with Crippen LogP contribution in [0.3, 0.4) is 0 Å². The van der Waals surface area contributed by atoms with E-state index in [0.717, 1.165) is 11.3 Å². The Morgan fingerprint density at radius 2 is 2.22 bits per heavy atom. The third-order valence-corrected chi connectivity index (χ3v) is 4.26. The molecular weight excluding hydrogens is 314 g/mol. The molecule has 6 nitrogen and oxygen atoms in total. The first-order chi connectivity index (χ1) is 11.2. The van der Waals surface area contributed by atoms with E-state index >= 15 is 0 Å². The number of carbonyl (C=O) groups excluding carboxylic acids is 2. The van der Waals surface area contributed by atoms with Crippen LogP contribution in [0, 0.1) is 0 Å². The fourth-order valence-corrected chi connectivity index (χ4v) is 2.98. The van der Waals surface area contributed by atoms with Crippen molar-refractivity contribution in [3.8, 4) is 0 Å². The third kappa shape index (κ3) is 3.94. The number of hydrogen-bond acceptors (Lipinski definition) is 5. The predicted molar refractivity (Wildman–Crippen MR) is 85.6 cm³/mol. The Morgan fingerprint density at radius 1 is 1.39 bits per heavy atom. The highest BCUT2D eigenvalue weighted by molar-refractivity contribution is 7.07. The quantitative estimate of drug-likeness (QED) is 0.893. The number of nitrogens with one attached hydrogen (secondary N) is 1. The summed E-state index contributed by atoms with van der Waals surface area (Å²) in [4.78, 5) is 30.3. The van der Waals surface area contributed by atoms with Gasteiger partial charge in [0.15, 0.2) is 0 Å². The van der Waals surface area contributed by atoms with Gasteiger partial charge in [-0.1, -0.05) is 30.3 Å². The molecule has 0 bridgehead atoms. The molecule has 120 valence electrons. The van der Waals surface area contributed by atoms with Crippen molar-refractivity contribution in [1.29, 1.82) is 0 Å². The van der Waals surface area contributed by atoms with Gasteiger partial charge < -0.3 is 15.0 Å². The maximum absolute atomic E-state index is 12.4. The molecule has 0 aliphatic carbocycles. The summed E-state index contributed by atoms with van der Waals surface area (Å²) in [5.74, 6) is -0.393. The molecular formula is C16H17N3O3S. The van der Waals surface area contributed by atoms with Crippen LogP contribution in [-0.2, 0) is 27.4 Å². The van der Waals surface area contributed by atoms with E-state index in [1.807, 2.05) is 35.7 Å². The minimum atomic E-state index is -0.616. The molecule has 0 saturated carbocycles. The van der Waals surface area contributed by atoms with Crippen molar-refractivity contribution < 1.29 is 14.3 Å². The normalized spacial score (nSPS) is 18.0. The summed E-state index contributed by atoms with van der Waals surface area (Å²) < 4.78 is 5.25. The topological polar surface area (TPSA) is 71.5 Å². The van der Waals surface area contributed by atoms with Gasteiger partial charge in [-0.2, -0.15) is 0 Å². The minimum Gasteiger partial charge on any atom is -0.369 e. The first-order valence-electron chi connectivity index (χ1n) is 7.30. The Bertz CT molecular complexity index is 660. The predicted octanol–water partition coefficient (Wildman–Crippen LogP) is 1.19. The molecule has 2 aromatic rings. The summed E-state index contributed by atoms with van der Waals surface area (Å²) in [6.45, 7) is 0.980. The van der Waals surface area contributed by atoms with E-state index in [4.69, 9.17) is 4.74 Å². The van der Waals surface area contributed by atoms with Gasteiger partial charge in [-0.3, -0.25) is 9.59 Å². The molecule has 1 N–H and O–H groups in total. The van der Waals surface area contributed by atoms with Gasteiger partial charge in [-0.15, -0.1) is 11.3 Å². The molecule has 2 amide bonds. The zero-order chi connectivity index (χ0) is 16.1. The number of benzene rings is 1. The number of rotatable bonds is 5. The number of carbonyl (C=O) groups is 2. The highest BCUT2D eigenvalue weighted by atomic mass is 32.1. The second kappa shape index (κ2) is 7.34. The lowest BCUT2D eigenvalue weighted by molar-refractivity contribution is -0.155. The summed E-state index contributed by atoms with van der Waals surface area (Å²) in [5, 5.41) is 4.70. The molecule has 1 saturated heterocycles. The number of ether oxygens (including phenoxy) is 1. The van der Waals surface area contributed by atoms with Crippen LogP contribution in [0.25, 0.3) is 0 Å². The molecule has 1 aliphatic heterocycles. The fourth-order valence-electron chi connectivity index (χ4n) is 2.42. The van der Waals surface area contributed by atoms with Crippen LogP contribution in [0.5, 0.6) is 0 Å². The van der Waals surface area contributed by atoms with Gasteiger partial charge in [-0.25, -0.2) is 4.98 Å². The van der Waals surface area contributed by atoms with Crippen LogP contribution in [0.2, 0.25) is 0 Å². The van der Waals surface area contributed by atoms with Crippen molar-refractivity contribution in [1.82, 2.24) is 15.2 Å². The highest BCUT2D eigenvalue weighted by Gasteiger charge is 2.33. The maximum Gasteiger partial charge on any atom is 0.249 e. The largest absolute Gasteiger partial charge is 0.369 e. The van der Waals surface area contributed by atoms with Crippen molar-refractivity contribution in [2.24, 2.45) is 0 Å². The van der Waals surface area contributed by atoms with Gasteiger partial charge in [0.05, 0.1) is 24.4 Å². The number of thiazole rings is 1. The number of aromatic nitrogens is 1. The molecule has 23 heavy (non-hydrogen) atoms. The van der Waals surface area contributed by atoms with Crippen LogP contribution < -0.4 is 5.32 Å². The summed E-state index contributed by atoms with van der Waals surface area (Å²) >= 11 is 1.48. The number of nitrogens with zero attached hydrogens (tertiary/aromatic N) is 2. The zero-order valence-electron chi connectivity index (χ0n) is 12.5. The second-order valence-electron chi connectivity index (χ2n) is 5.24. The van der Waals surface area contributed by atoms with Gasteiger partial charge in [0, 0.05) is 11.9 Å². The number of hydrogen-bond donors (Lipinski definition) is 1. The van der Waals surface area contributed by atoms with E-state index in [9.17, 15) is 9.59 Å². The van der Waals surface area contributed by atoms with Crippen LogP contribution in [0.4, 0.5) is 0 Å². The monoisotopic (exact) mass is 331 g/mol. The van der Waals surface area contributed by atoms with Crippen molar-refractivity contribution in [3.63, 3.8) is 0 Å². The lowest BCUT2D eigenvalue weighted by atomic mass is 10.1. The van der Waals surface area contributed by atoms with Crippen molar-refractivity contribution in [2.75, 3.05) is 13.2 Å². The summed E-state index contributed by atoms with van der Waals surface area (Å²) in [6, 6.07) is 9.01. The van der Waals surface area contributed by atoms with Crippen LogP contribution in [0.1, 0.15) is 11.3 Å². The smallest absolute Gasteiger partial charge is 0.249 e. The van der Waals surface area contributed by atoms with E-state index in [0.29, 0.717) is 13.1 Å². The van der Waals surface area contributed by atoms with Gasteiger partial charge in [0.25, 0.3) is 0 Å². The number of morpholine rings is 1. The summed E-state index contributed by atoms with van der Waals surface area (Å²) in [5.41, 5.74) is 3.51. The average Bonchev–Trinajstić information content (AvgIpc) is 3.09. The molecule has 0 radical (unpaired) electrons. The Labute approximate surface area is 138 Å². The van der Waals surface area contributed by atoms with Crippen molar-refractivity contribution in [3.05, 3.63) is 52.5 Å². The molecule has 3 rings (SSSR count). The molecule has 1 fully saturated rings. The molecule has 1 aromatic heterocycles. The highest BCUT2D eigenvalue weighted by Crippen LogP contribution is 2.14. The first-order valence-corrected chi connectivity index (χ1v) is 8.24. The lowest BCUT2D eigenvalue weighted by Crippen LogP contribution is -2.55. The minimum absolute atomic E-state index is 0.0166. The molecule has 2 heterocycles. The Kier molecular flexibility index (Phi) is 4.99. The SMILES string of the molecule is O=C(NCc1cscn1)[C@H]1COCC(=O)N1Cc1ccccc1. The van der Waals surface area contributed by atoms with Gasteiger partial charge in [0.1, 0.15) is 12.6 Å². The number of amides is 2. The molecule has 0 unspecified atom stereocenters. The second-order valence-corrected chi connectivity index (χ2v) is 5.95. The summed E-state index contributed by atoms with van der Waals surface area (Å²) in [7, 11) is 0. The van der Waals surface area contributed by atoms with E-state index in [-0.39, 0.29) is 25.0 Å². The zero-order valence-corrected chi connectivity index (χ0v) is 13.3. The molecule has 1 atom stereocenters. The van der Waals surface area contributed by atoms with E-state index in [1.165, 1.54) is 11.3 Å². The van der Waals surface area contributed by atoms with Crippen LogP contribution in [0.15, 0.2) is 41.2 Å². The van der Waals surface area contributed by atoms with Crippen molar-refractivity contribution in [2.45, 2.75) is 19.1 Å². The van der Waals surface area contributed by atoms with E-state index in [1.54, 1.807) is 10.4 Å². The standard InChI is InChI=1S/C16H17N3O3S/c20-15-9-22-8-14(16(21)17-6-13-10-23-11-18-13)19(15)7-12-4-2-1-3-5-12/h1-5,10-11,14H,6-9H2,(H,17,21)/t14-/m1/s1. The van der Waals surface area contributed by atoms with Gasteiger partial charge >= 0.3 is 0 Å². The maximum atomic E-state index is 12.4. The van der Waals surface area contributed by atoms with Gasteiger partial charge in [0.2, 0.25) is 11.8 Å².